The van der Waals surface area contributed by atoms with Crippen LogP contribution in [0.5, 0.6) is 0 Å². The van der Waals surface area contributed by atoms with Crippen molar-refractivity contribution in [3.05, 3.63) is 59.7 Å². The number of hydrogen-bond donors (Lipinski definition) is 14. The lowest BCUT2D eigenvalue weighted by molar-refractivity contribution is -0.124. The first-order valence-corrected chi connectivity index (χ1v) is 45.2. The first-order chi connectivity index (χ1) is 59.7. The number of carbonyl (C=O) groups excluding carboxylic acids is 3. The Balaban J connectivity index is 1.07. The van der Waals surface area contributed by atoms with Crippen LogP contribution < -0.4 is 44.2 Å². The second-order valence-corrected chi connectivity index (χ2v) is 30.4. The molecule has 34 nitrogen and oxygen atoms in total. The molecule has 0 saturated carbocycles. The van der Waals surface area contributed by atoms with Gasteiger partial charge in [0.25, 0.3) is 0 Å². The first kappa shape index (κ1) is 112. The molecule has 122 heavy (non-hydrogen) atoms. The topological polar surface area (TPSA) is 482 Å². The lowest BCUT2D eigenvalue weighted by Crippen LogP contribution is -2.43. The number of amides is 1. The van der Waals surface area contributed by atoms with Crippen molar-refractivity contribution in [2.45, 2.75) is 203 Å². The summed E-state index contributed by atoms with van der Waals surface area (Å²) in [7, 11) is 0. The maximum Gasteiger partial charge on any atom is 0.222 e. The fourth-order valence-corrected chi connectivity index (χ4v) is 13.5. The lowest BCUT2D eigenvalue weighted by Gasteiger charge is -2.26. The minimum absolute atomic E-state index is 0.00145. The Morgan fingerprint density at radius 1 is 0.377 bits per heavy atom. The summed E-state index contributed by atoms with van der Waals surface area (Å²) in [6.07, 6.45) is 8.17. The summed E-state index contributed by atoms with van der Waals surface area (Å²) in [4.78, 5) is 37.7. The summed E-state index contributed by atoms with van der Waals surface area (Å²) in [5, 5.41) is 76.7. The summed E-state index contributed by atoms with van der Waals surface area (Å²) in [6.45, 7) is 16.7. The highest BCUT2D eigenvalue weighted by Gasteiger charge is 2.30. The Hall–Kier alpha value is -3.95. The number of unbranched alkanes of at least 4 members (excludes halogenated alkanes) is 4. The van der Waals surface area contributed by atoms with Crippen molar-refractivity contribution in [1.29, 1.82) is 0 Å². The molecule has 1 aliphatic carbocycles. The van der Waals surface area contributed by atoms with E-state index in [1.54, 1.807) is 0 Å². The summed E-state index contributed by atoms with van der Waals surface area (Å²) in [6, 6.07) is 15.9. The van der Waals surface area contributed by atoms with Crippen LogP contribution in [0.4, 0.5) is 0 Å². The van der Waals surface area contributed by atoms with Gasteiger partial charge in [-0.15, -0.1) is 0 Å². The second kappa shape index (κ2) is 80.4. The first-order valence-electron chi connectivity index (χ1n) is 45.2. The Morgan fingerprint density at radius 2 is 0.746 bits per heavy atom. The number of Topliss-reactive ketones (excluding diaryl/α,β-unsaturated/α-hetero) is 2. The molecule has 0 spiro atoms. The van der Waals surface area contributed by atoms with Gasteiger partial charge in [-0.2, -0.15) is 0 Å². The molecule has 0 heterocycles. The molecular weight excluding hydrogens is 1580 g/mol. The summed E-state index contributed by atoms with van der Waals surface area (Å²) >= 11 is 0. The zero-order chi connectivity index (χ0) is 88.0. The van der Waals surface area contributed by atoms with Gasteiger partial charge >= 0.3 is 0 Å². The van der Waals surface area contributed by atoms with E-state index in [0.717, 1.165) is 51.4 Å². The van der Waals surface area contributed by atoms with Gasteiger partial charge in [-0.25, -0.2) is 0 Å². The number of aliphatic hydroxyl groups is 6. The van der Waals surface area contributed by atoms with Crippen molar-refractivity contribution in [2.24, 2.45) is 34.8 Å². The Bertz CT molecular complexity index is 2680. The number of carbonyl (C=O) groups is 3. The van der Waals surface area contributed by atoms with Crippen LogP contribution in [0, 0.1) is 11.8 Å². The molecule has 2 aromatic rings. The predicted molar refractivity (Wildman–Crippen MR) is 464 cm³/mol. The van der Waals surface area contributed by atoms with Crippen molar-refractivity contribution in [2.75, 3.05) is 257 Å². The van der Waals surface area contributed by atoms with Gasteiger partial charge in [0.05, 0.1) is 222 Å². The van der Waals surface area contributed by atoms with Crippen molar-refractivity contribution in [3.63, 3.8) is 0 Å². The van der Waals surface area contributed by atoms with Crippen molar-refractivity contribution < 1.29 is 126 Å². The van der Waals surface area contributed by atoms with E-state index in [1.165, 1.54) is 29.2 Å². The Labute approximate surface area is 727 Å². The van der Waals surface area contributed by atoms with Gasteiger partial charge in [0.2, 0.25) is 5.91 Å². The number of aliphatic hydroxyl groups excluding tert-OH is 6. The van der Waals surface area contributed by atoms with Crippen LogP contribution in [-0.2, 0) is 94.9 Å². The van der Waals surface area contributed by atoms with E-state index >= 15 is 0 Å². The maximum atomic E-state index is 12.9. The number of nitrogens with one attached hydrogen (secondary N) is 4. The molecule has 0 bridgehead atoms. The third-order valence-electron chi connectivity index (χ3n) is 20.4. The van der Waals surface area contributed by atoms with E-state index < -0.39 is 49.3 Å². The second-order valence-electron chi connectivity index (χ2n) is 30.4. The van der Waals surface area contributed by atoms with Crippen LogP contribution in [0.3, 0.4) is 0 Å². The van der Waals surface area contributed by atoms with Gasteiger partial charge in [-0.3, -0.25) is 30.3 Å². The SMILES string of the molecule is CC(=O)C(CCCCN)NC(O)CCOCCOCCOCCOCCNC(O)C(CCCCN)CC(=O)CCOCCOCCOCCOCCCC(O)C(CCCCN)NC(=O)CCOCCOCCOCCOCCNC(O)C(CCCCN)CC(O)CCOCCOCCOCCOCCCC(O)OCC1c2ccccc2-c2ccccc21. The molecule has 18 N–H and O–H groups in total. The Morgan fingerprint density at radius 3 is 1.20 bits per heavy atom. The number of ketones is 2. The smallest absolute Gasteiger partial charge is 0.222 e. The van der Waals surface area contributed by atoms with Crippen LogP contribution in [-0.4, -0.2) is 355 Å². The highest BCUT2D eigenvalue weighted by Crippen LogP contribution is 2.44. The minimum atomic E-state index is -0.884. The van der Waals surface area contributed by atoms with E-state index in [9.17, 15) is 45.0 Å². The standard InChI is InChI=1S/C88H162N8O26/c1-71(97)81(22-8-12-32-91)95-84(101)28-40-110-48-56-118-64-66-120-58-50-112-42-34-93-87(104)72(16-6-10-30-89)68-74(98)26-38-108-46-54-116-62-60-114-52-44-106-36-14-24-83(100)82(23-9-13-33-92)96-85(102)29-41-111-49-57-119-65-67-121-59-51-113-43-35-94-88(105)73(17-7-11-31-90)69-75(99)27-39-109-47-55-117-63-61-115-53-45-107-37-15-25-86(103)122-70-80-78-20-4-2-18-76(78)77-19-3-5-21-79(77)80/h2-5,18-21,72-73,75,80-84,86-88,93-95,99-101,103-105H,6-17,22-70,89-92H2,1H3,(H,96,102). The minimum Gasteiger partial charge on any atom is -0.393 e. The van der Waals surface area contributed by atoms with Gasteiger partial charge in [-0.05, 0) is 139 Å². The monoisotopic (exact) mass is 1750 g/mol. The van der Waals surface area contributed by atoms with E-state index in [1.807, 2.05) is 12.1 Å². The van der Waals surface area contributed by atoms with Crippen LogP contribution in [0.1, 0.15) is 165 Å². The molecule has 0 radical (unpaired) electrons. The average Bonchev–Trinajstić information content (AvgIpc) is 1.62. The molecule has 0 aliphatic heterocycles. The lowest BCUT2D eigenvalue weighted by atomic mass is 9.92. The molecular formula is C88H162N8O26. The molecule has 10 unspecified atom stereocenters. The molecule has 10 atom stereocenters. The number of ether oxygens (including phenoxy) is 17. The molecule has 3 rings (SSSR count). The molecule has 34 heteroatoms. The van der Waals surface area contributed by atoms with Crippen LogP contribution in [0.2, 0.25) is 0 Å². The van der Waals surface area contributed by atoms with Gasteiger partial charge < -0.3 is 139 Å². The number of hydrogen-bond acceptors (Lipinski definition) is 33. The van der Waals surface area contributed by atoms with Crippen LogP contribution in [0.15, 0.2) is 48.5 Å². The molecule has 0 saturated heterocycles. The quantitative estimate of drug-likeness (QED) is 0.0333. The van der Waals surface area contributed by atoms with Crippen LogP contribution in [0.25, 0.3) is 11.1 Å². The van der Waals surface area contributed by atoms with Gasteiger partial charge in [0, 0.05) is 82.8 Å². The summed E-state index contributed by atoms with van der Waals surface area (Å²) in [5.41, 5.74) is 27.7. The molecule has 0 aromatic heterocycles. The third kappa shape index (κ3) is 60.7. The number of benzene rings is 2. The fourth-order valence-electron chi connectivity index (χ4n) is 13.5. The zero-order valence-electron chi connectivity index (χ0n) is 73.8. The van der Waals surface area contributed by atoms with E-state index in [2.05, 4.69) is 57.7 Å². The normalized spacial score (nSPS) is 14.8. The molecule has 710 valence electrons. The van der Waals surface area contributed by atoms with Gasteiger partial charge in [-0.1, -0.05) is 74.2 Å². The van der Waals surface area contributed by atoms with Crippen molar-refractivity contribution >= 4 is 17.5 Å². The van der Waals surface area contributed by atoms with Crippen LogP contribution >= 0.6 is 0 Å². The van der Waals surface area contributed by atoms with E-state index in [4.69, 9.17) is 103 Å². The number of fused-ring (bicyclic) bond motifs is 3. The number of rotatable bonds is 94. The van der Waals surface area contributed by atoms with E-state index in [-0.39, 0.29) is 67.7 Å². The zero-order valence-corrected chi connectivity index (χ0v) is 73.8. The molecule has 0 fully saturated rings. The fraction of sp³-hybridized carbons (Fsp3) is 0.830. The van der Waals surface area contributed by atoms with Crippen molar-refractivity contribution in [1.82, 2.24) is 21.3 Å². The average molecular weight is 1750 g/mol. The van der Waals surface area contributed by atoms with Gasteiger partial charge in [0.1, 0.15) is 30.3 Å². The molecule has 1 aliphatic rings. The maximum absolute atomic E-state index is 12.9. The Kier molecular flexibility index (Phi) is 73.9. The number of nitrogens with two attached hydrogens (primary N) is 4. The van der Waals surface area contributed by atoms with Gasteiger partial charge in [0.15, 0.2) is 6.29 Å². The summed E-state index contributed by atoms with van der Waals surface area (Å²) in [5.74, 6) is -0.574. The predicted octanol–water partition coefficient (Wildman–Crippen LogP) is 3.51. The summed E-state index contributed by atoms with van der Waals surface area (Å²) < 4.78 is 96.0. The molecule has 2 aromatic carbocycles. The highest BCUT2D eigenvalue weighted by molar-refractivity contribution is 5.81. The third-order valence-corrected chi connectivity index (χ3v) is 20.4. The molecule has 1 amide bonds. The largest absolute Gasteiger partial charge is 0.393 e. The highest BCUT2D eigenvalue weighted by atomic mass is 16.6. The van der Waals surface area contributed by atoms with Crippen molar-refractivity contribution in [3.8, 4) is 11.1 Å². The van der Waals surface area contributed by atoms with E-state index in [0.29, 0.717) is 315 Å².